The van der Waals surface area contributed by atoms with Crippen LogP contribution in [0.1, 0.15) is 34.1 Å². The Morgan fingerprint density at radius 2 is 1.78 bits per heavy atom. The molecule has 4 rings (SSSR count). The van der Waals surface area contributed by atoms with E-state index in [9.17, 15) is 9.90 Å². The summed E-state index contributed by atoms with van der Waals surface area (Å²) >= 11 is 6.22. The number of benzene rings is 2. The lowest BCUT2D eigenvalue weighted by Crippen LogP contribution is -2.27. The summed E-state index contributed by atoms with van der Waals surface area (Å²) in [4.78, 5) is 17.5. The molecule has 134 valence electrons. The SMILES string of the molecule is O=C(c1ccccc1Cl)N1N=C(c2ccccn2)C[C@@H]1c1ccccc1O. The number of rotatable bonds is 3. The number of nitrogens with zero attached hydrogens (tertiary/aromatic N) is 3. The molecule has 27 heavy (non-hydrogen) atoms. The summed E-state index contributed by atoms with van der Waals surface area (Å²) in [6.07, 6.45) is 2.14. The molecule has 1 atom stereocenters. The Morgan fingerprint density at radius 3 is 2.52 bits per heavy atom. The molecule has 0 bridgehead atoms. The van der Waals surface area contributed by atoms with E-state index >= 15 is 0 Å². The number of aromatic nitrogens is 1. The first kappa shape index (κ1) is 17.2. The van der Waals surface area contributed by atoms with Gasteiger partial charge in [-0.2, -0.15) is 5.10 Å². The van der Waals surface area contributed by atoms with E-state index in [0.29, 0.717) is 34.0 Å². The lowest BCUT2D eigenvalue weighted by molar-refractivity contribution is 0.0710. The summed E-state index contributed by atoms with van der Waals surface area (Å²) in [5, 5.41) is 16.6. The van der Waals surface area contributed by atoms with Gasteiger partial charge in [-0.05, 0) is 30.3 Å². The van der Waals surface area contributed by atoms with Gasteiger partial charge in [0.25, 0.3) is 5.91 Å². The van der Waals surface area contributed by atoms with Crippen molar-refractivity contribution in [2.24, 2.45) is 5.10 Å². The van der Waals surface area contributed by atoms with E-state index in [1.54, 1.807) is 48.7 Å². The first-order chi connectivity index (χ1) is 13.1. The number of carbonyl (C=O) groups excluding carboxylic acids is 1. The Kier molecular flexibility index (Phi) is 4.60. The van der Waals surface area contributed by atoms with Crippen LogP contribution >= 0.6 is 11.6 Å². The van der Waals surface area contributed by atoms with Crippen molar-refractivity contribution >= 4 is 23.2 Å². The van der Waals surface area contributed by atoms with Crippen LogP contribution in [-0.4, -0.2) is 26.7 Å². The minimum absolute atomic E-state index is 0.122. The van der Waals surface area contributed by atoms with E-state index in [0.717, 1.165) is 0 Å². The van der Waals surface area contributed by atoms with Crippen LogP contribution in [0.3, 0.4) is 0 Å². The zero-order valence-electron chi connectivity index (χ0n) is 14.3. The minimum Gasteiger partial charge on any atom is -0.508 e. The highest BCUT2D eigenvalue weighted by atomic mass is 35.5. The monoisotopic (exact) mass is 377 g/mol. The predicted octanol–water partition coefficient (Wildman–Crippen LogP) is 4.43. The number of halogens is 1. The number of hydrazone groups is 1. The molecule has 0 radical (unpaired) electrons. The Hall–Kier alpha value is -3.18. The highest BCUT2D eigenvalue weighted by molar-refractivity contribution is 6.33. The van der Waals surface area contributed by atoms with Gasteiger partial charge in [0, 0.05) is 18.2 Å². The summed E-state index contributed by atoms with van der Waals surface area (Å²) in [7, 11) is 0. The first-order valence-electron chi connectivity index (χ1n) is 8.50. The van der Waals surface area contributed by atoms with Gasteiger partial charge in [0.05, 0.1) is 28.0 Å². The molecule has 0 saturated heterocycles. The van der Waals surface area contributed by atoms with Crippen LogP contribution in [0.5, 0.6) is 5.75 Å². The van der Waals surface area contributed by atoms with Crippen LogP contribution in [0, 0.1) is 0 Å². The molecule has 0 unspecified atom stereocenters. The predicted molar refractivity (Wildman–Crippen MR) is 104 cm³/mol. The number of phenols is 1. The zero-order chi connectivity index (χ0) is 18.8. The van der Waals surface area contributed by atoms with E-state index in [1.165, 1.54) is 5.01 Å². The highest BCUT2D eigenvalue weighted by Gasteiger charge is 2.35. The third-order valence-electron chi connectivity index (χ3n) is 4.48. The van der Waals surface area contributed by atoms with Crippen molar-refractivity contribution in [3.05, 3.63) is 94.8 Å². The van der Waals surface area contributed by atoms with Gasteiger partial charge >= 0.3 is 0 Å². The highest BCUT2D eigenvalue weighted by Crippen LogP contribution is 2.38. The Bertz CT molecular complexity index is 1020. The third kappa shape index (κ3) is 3.29. The number of aromatic hydroxyl groups is 1. The van der Waals surface area contributed by atoms with Gasteiger partial charge in [-0.3, -0.25) is 9.78 Å². The molecule has 5 nitrogen and oxygen atoms in total. The summed E-state index contributed by atoms with van der Waals surface area (Å²) in [6, 6.07) is 18.9. The molecule has 2 aromatic carbocycles. The Balaban J connectivity index is 1.78. The van der Waals surface area contributed by atoms with Crippen molar-refractivity contribution in [3.8, 4) is 5.75 Å². The molecule has 1 N–H and O–H groups in total. The third-order valence-corrected chi connectivity index (χ3v) is 4.81. The molecule has 3 aromatic rings. The van der Waals surface area contributed by atoms with E-state index in [4.69, 9.17) is 11.6 Å². The number of phenolic OH excluding ortho intramolecular Hbond substituents is 1. The normalized spacial score (nSPS) is 16.3. The second-order valence-corrected chi connectivity index (χ2v) is 6.58. The molecule has 1 aliphatic heterocycles. The maximum absolute atomic E-state index is 13.2. The van der Waals surface area contributed by atoms with Crippen LogP contribution in [0.15, 0.2) is 78.0 Å². The van der Waals surface area contributed by atoms with Gasteiger partial charge in [-0.15, -0.1) is 0 Å². The van der Waals surface area contributed by atoms with E-state index in [-0.39, 0.29) is 11.7 Å². The zero-order valence-corrected chi connectivity index (χ0v) is 15.0. The molecule has 1 amide bonds. The smallest absolute Gasteiger partial charge is 0.276 e. The molecule has 0 aliphatic carbocycles. The molecule has 1 aliphatic rings. The fourth-order valence-electron chi connectivity index (χ4n) is 3.16. The molecule has 0 fully saturated rings. The van der Waals surface area contributed by atoms with Crippen LogP contribution in [0.25, 0.3) is 0 Å². The lowest BCUT2D eigenvalue weighted by Gasteiger charge is -2.23. The molecule has 0 saturated carbocycles. The van der Waals surface area contributed by atoms with Crippen LogP contribution < -0.4 is 0 Å². The van der Waals surface area contributed by atoms with Gasteiger partial charge in [0.15, 0.2) is 0 Å². The summed E-state index contributed by atoms with van der Waals surface area (Å²) in [5.74, 6) is -0.197. The maximum Gasteiger partial charge on any atom is 0.276 e. The molecule has 0 spiro atoms. The van der Waals surface area contributed by atoms with Crippen LogP contribution in [0.2, 0.25) is 5.02 Å². The van der Waals surface area contributed by atoms with Crippen molar-refractivity contribution in [2.75, 3.05) is 0 Å². The largest absolute Gasteiger partial charge is 0.508 e. The second-order valence-electron chi connectivity index (χ2n) is 6.17. The topological polar surface area (TPSA) is 65.8 Å². The van der Waals surface area contributed by atoms with Gasteiger partial charge in [0.1, 0.15) is 5.75 Å². The van der Waals surface area contributed by atoms with Crippen molar-refractivity contribution in [2.45, 2.75) is 12.5 Å². The fourth-order valence-corrected chi connectivity index (χ4v) is 3.37. The van der Waals surface area contributed by atoms with Crippen molar-refractivity contribution in [3.63, 3.8) is 0 Å². The van der Waals surface area contributed by atoms with Crippen LogP contribution in [-0.2, 0) is 0 Å². The minimum atomic E-state index is -0.438. The number of amides is 1. The average Bonchev–Trinajstić information content (AvgIpc) is 3.14. The Morgan fingerprint density at radius 1 is 1.04 bits per heavy atom. The quantitative estimate of drug-likeness (QED) is 0.734. The summed E-state index contributed by atoms with van der Waals surface area (Å²) < 4.78 is 0. The molecule has 2 heterocycles. The Labute approximate surface area is 161 Å². The second kappa shape index (κ2) is 7.21. The van der Waals surface area contributed by atoms with Crippen molar-refractivity contribution in [1.29, 1.82) is 0 Å². The van der Waals surface area contributed by atoms with E-state index in [2.05, 4.69) is 10.1 Å². The number of carbonyl (C=O) groups is 1. The van der Waals surface area contributed by atoms with Crippen molar-refractivity contribution < 1.29 is 9.90 Å². The lowest BCUT2D eigenvalue weighted by atomic mass is 9.99. The molecular formula is C21H16ClN3O2. The van der Waals surface area contributed by atoms with E-state index in [1.807, 2.05) is 24.3 Å². The average molecular weight is 378 g/mol. The van der Waals surface area contributed by atoms with Gasteiger partial charge in [-0.25, -0.2) is 5.01 Å². The van der Waals surface area contributed by atoms with Gasteiger partial charge in [0.2, 0.25) is 0 Å². The van der Waals surface area contributed by atoms with Gasteiger partial charge < -0.3 is 5.11 Å². The first-order valence-corrected chi connectivity index (χ1v) is 8.88. The summed E-state index contributed by atoms with van der Waals surface area (Å²) in [6.45, 7) is 0. The summed E-state index contributed by atoms with van der Waals surface area (Å²) in [5.41, 5.74) is 2.38. The number of hydrogen-bond acceptors (Lipinski definition) is 4. The maximum atomic E-state index is 13.2. The number of hydrogen-bond donors (Lipinski definition) is 1. The standard InChI is InChI=1S/C21H16ClN3O2/c22-16-9-3-1-7-14(16)21(27)25-19(15-8-2-4-11-20(15)26)13-18(24-25)17-10-5-6-12-23-17/h1-12,19,26H,13H2/t19-/m1/s1. The van der Waals surface area contributed by atoms with E-state index < -0.39 is 6.04 Å². The van der Waals surface area contributed by atoms with Crippen LogP contribution in [0.4, 0.5) is 0 Å². The van der Waals surface area contributed by atoms with Crippen molar-refractivity contribution in [1.82, 2.24) is 9.99 Å². The fraction of sp³-hybridized carbons (Fsp3) is 0.0952. The molecule has 1 aromatic heterocycles. The van der Waals surface area contributed by atoms with Gasteiger partial charge in [-0.1, -0.05) is 48.0 Å². The number of para-hydroxylation sites is 1. The molecular weight excluding hydrogens is 362 g/mol. The molecule has 6 heteroatoms. The number of pyridine rings is 1.